The van der Waals surface area contributed by atoms with Crippen LogP contribution in [0.3, 0.4) is 0 Å². The molecule has 0 bridgehead atoms. The molecule has 1 saturated heterocycles. The Morgan fingerprint density at radius 3 is 3.23 bits per heavy atom. The molecule has 0 radical (unpaired) electrons. The van der Waals surface area contributed by atoms with Crippen molar-refractivity contribution in [1.29, 1.82) is 0 Å². The summed E-state index contributed by atoms with van der Waals surface area (Å²) < 4.78 is 5.26. The first kappa shape index (κ1) is 14.6. The van der Waals surface area contributed by atoms with E-state index < -0.39 is 0 Å². The van der Waals surface area contributed by atoms with E-state index in [1.807, 2.05) is 13.0 Å². The number of nitrogens with zero attached hydrogens (tertiary/aromatic N) is 4. The van der Waals surface area contributed by atoms with Crippen molar-refractivity contribution >= 4 is 5.96 Å². The fraction of sp³-hybridized carbons (Fsp3) is 0.500. The van der Waals surface area contributed by atoms with Crippen LogP contribution in [0.1, 0.15) is 19.2 Å². The molecule has 3 rings (SSSR count). The molecule has 1 atom stereocenters. The van der Waals surface area contributed by atoms with Gasteiger partial charge >= 0.3 is 0 Å². The summed E-state index contributed by atoms with van der Waals surface area (Å²) in [5.74, 6) is 2.61. The average molecular weight is 304 g/mol. The molecule has 3 N–H and O–H groups in total. The lowest BCUT2D eigenvalue weighted by Gasteiger charge is -2.20. The van der Waals surface area contributed by atoms with Crippen molar-refractivity contribution in [1.82, 2.24) is 25.4 Å². The zero-order valence-corrected chi connectivity index (χ0v) is 12.5. The Labute approximate surface area is 128 Å². The van der Waals surface area contributed by atoms with Crippen LogP contribution in [-0.2, 0) is 6.54 Å². The molecule has 1 aliphatic heterocycles. The molecule has 118 valence electrons. The summed E-state index contributed by atoms with van der Waals surface area (Å²) in [4.78, 5) is 11.0. The molecule has 1 fully saturated rings. The molecule has 0 saturated carbocycles. The largest absolute Gasteiger partial charge is 0.461 e. The summed E-state index contributed by atoms with van der Waals surface area (Å²) in [6.07, 6.45) is 2.08. The molecule has 0 spiro atoms. The van der Waals surface area contributed by atoms with Gasteiger partial charge in [-0.1, -0.05) is 0 Å². The number of hydrogen-bond acceptors (Lipinski definition) is 5. The number of β-amino-alcohol motifs (C(OH)–C–C–N with tert-alkyl or cyclic N) is 1. The van der Waals surface area contributed by atoms with Crippen molar-refractivity contribution in [3.8, 4) is 11.6 Å². The topological polar surface area (TPSA) is 103 Å². The van der Waals surface area contributed by atoms with E-state index in [0.29, 0.717) is 30.5 Å². The molecule has 0 unspecified atom stereocenters. The Kier molecular flexibility index (Phi) is 4.38. The van der Waals surface area contributed by atoms with Crippen LogP contribution >= 0.6 is 0 Å². The van der Waals surface area contributed by atoms with E-state index in [2.05, 4.69) is 30.4 Å². The van der Waals surface area contributed by atoms with Crippen molar-refractivity contribution in [2.45, 2.75) is 26.0 Å². The van der Waals surface area contributed by atoms with Crippen LogP contribution in [0.5, 0.6) is 0 Å². The molecular formula is C14H20N6O2. The van der Waals surface area contributed by atoms with Gasteiger partial charge in [0.25, 0.3) is 0 Å². The lowest BCUT2D eigenvalue weighted by atomic mass is 10.3. The van der Waals surface area contributed by atoms with E-state index in [0.717, 1.165) is 25.5 Å². The van der Waals surface area contributed by atoms with Gasteiger partial charge in [0.05, 0.1) is 12.4 Å². The molecule has 8 nitrogen and oxygen atoms in total. The van der Waals surface area contributed by atoms with Crippen LogP contribution < -0.4 is 5.32 Å². The number of hydrogen-bond donors (Lipinski definition) is 3. The minimum atomic E-state index is -0.278. The number of furan rings is 1. The molecular weight excluding hydrogens is 284 g/mol. The van der Waals surface area contributed by atoms with E-state index in [9.17, 15) is 5.11 Å². The van der Waals surface area contributed by atoms with Crippen LogP contribution in [0.2, 0.25) is 0 Å². The smallest absolute Gasteiger partial charge is 0.216 e. The van der Waals surface area contributed by atoms with E-state index >= 15 is 0 Å². The standard InChI is InChI=1S/C14H20N6O2/c1-2-15-14(20-6-5-10(21)9-20)16-8-12-17-13(19-18-12)11-4-3-7-22-11/h3-4,7,10,21H,2,5-6,8-9H2,1H3,(H,15,16)(H,17,18,19)/t10-/m1/s1. The minimum Gasteiger partial charge on any atom is -0.461 e. The van der Waals surface area contributed by atoms with Gasteiger partial charge in [0.15, 0.2) is 11.7 Å². The molecule has 2 aromatic rings. The summed E-state index contributed by atoms with van der Waals surface area (Å²) >= 11 is 0. The molecule has 2 aromatic heterocycles. The van der Waals surface area contributed by atoms with Gasteiger partial charge in [0.1, 0.15) is 12.4 Å². The van der Waals surface area contributed by atoms with Crippen molar-refractivity contribution in [3.63, 3.8) is 0 Å². The van der Waals surface area contributed by atoms with Crippen LogP contribution in [0.15, 0.2) is 27.8 Å². The van der Waals surface area contributed by atoms with E-state index in [1.54, 1.807) is 12.3 Å². The highest BCUT2D eigenvalue weighted by atomic mass is 16.3. The highest BCUT2D eigenvalue weighted by Gasteiger charge is 2.22. The highest BCUT2D eigenvalue weighted by molar-refractivity contribution is 5.80. The number of aliphatic hydroxyl groups excluding tert-OH is 1. The van der Waals surface area contributed by atoms with Crippen molar-refractivity contribution in [3.05, 3.63) is 24.2 Å². The van der Waals surface area contributed by atoms with Crippen LogP contribution in [0.25, 0.3) is 11.6 Å². The van der Waals surface area contributed by atoms with Crippen LogP contribution in [0, 0.1) is 0 Å². The summed E-state index contributed by atoms with van der Waals surface area (Å²) in [6.45, 7) is 4.61. The zero-order chi connectivity index (χ0) is 15.4. The Hall–Kier alpha value is -2.35. The third-order valence-electron chi connectivity index (χ3n) is 3.45. The Morgan fingerprint density at radius 1 is 1.64 bits per heavy atom. The number of aromatic amines is 1. The minimum absolute atomic E-state index is 0.278. The molecule has 1 aliphatic rings. The summed E-state index contributed by atoms with van der Waals surface area (Å²) in [7, 11) is 0. The van der Waals surface area contributed by atoms with Gasteiger partial charge in [-0.3, -0.25) is 5.10 Å². The fourth-order valence-corrected chi connectivity index (χ4v) is 2.39. The number of nitrogens with one attached hydrogen (secondary N) is 2. The molecule has 0 aromatic carbocycles. The van der Waals surface area contributed by atoms with Gasteiger partial charge in [-0.15, -0.1) is 5.10 Å². The number of H-pyrrole nitrogens is 1. The first-order chi connectivity index (χ1) is 10.8. The lowest BCUT2D eigenvalue weighted by molar-refractivity contribution is 0.188. The number of aromatic nitrogens is 3. The van der Waals surface area contributed by atoms with Gasteiger partial charge in [0.2, 0.25) is 5.82 Å². The van der Waals surface area contributed by atoms with Crippen LogP contribution in [0.4, 0.5) is 0 Å². The first-order valence-electron chi connectivity index (χ1n) is 7.42. The SMILES string of the molecule is CCNC(=NCc1nc(-c2ccco2)n[nH]1)N1CC[C@@H](O)C1. The maximum atomic E-state index is 9.65. The van der Waals surface area contributed by atoms with E-state index in [4.69, 9.17) is 4.42 Å². The van der Waals surface area contributed by atoms with Gasteiger partial charge in [-0.2, -0.15) is 0 Å². The van der Waals surface area contributed by atoms with Crippen LogP contribution in [-0.4, -0.2) is 56.9 Å². The second kappa shape index (κ2) is 6.61. The molecule has 0 aliphatic carbocycles. The Morgan fingerprint density at radius 2 is 2.55 bits per heavy atom. The fourth-order valence-electron chi connectivity index (χ4n) is 2.39. The van der Waals surface area contributed by atoms with E-state index in [1.165, 1.54) is 0 Å². The molecule has 0 amide bonds. The lowest BCUT2D eigenvalue weighted by Crippen LogP contribution is -2.40. The predicted octanol–water partition coefficient (Wildman–Crippen LogP) is 0.597. The number of rotatable bonds is 4. The predicted molar refractivity (Wildman–Crippen MR) is 81.1 cm³/mol. The quantitative estimate of drug-likeness (QED) is 0.564. The zero-order valence-electron chi connectivity index (χ0n) is 12.5. The monoisotopic (exact) mass is 304 g/mol. The normalized spacial score (nSPS) is 18.9. The molecule has 22 heavy (non-hydrogen) atoms. The Bertz CT molecular complexity index is 621. The molecule has 8 heteroatoms. The summed E-state index contributed by atoms with van der Waals surface area (Å²) in [5, 5.41) is 19.9. The van der Waals surface area contributed by atoms with Crippen molar-refractivity contribution < 1.29 is 9.52 Å². The van der Waals surface area contributed by atoms with Gasteiger partial charge < -0.3 is 19.7 Å². The number of aliphatic hydroxyl groups is 1. The number of guanidine groups is 1. The third-order valence-corrected chi connectivity index (χ3v) is 3.45. The highest BCUT2D eigenvalue weighted by Crippen LogP contribution is 2.15. The van der Waals surface area contributed by atoms with Crippen molar-refractivity contribution in [2.75, 3.05) is 19.6 Å². The van der Waals surface area contributed by atoms with Gasteiger partial charge in [-0.25, -0.2) is 9.98 Å². The van der Waals surface area contributed by atoms with Gasteiger partial charge in [-0.05, 0) is 25.5 Å². The van der Waals surface area contributed by atoms with Gasteiger partial charge in [0, 0.05) is 19.6 Å². The second-order valence-electron chi connectivity index (χ2n) is 5.14. The molecule has 3 heterocycles. The second-order valence-corrected chi connectivity index (χ2v) is 5.14. The third kappa shape index (κ3) is 3.28. The Balaban J connectivity index is 1.68. The van der Waals surface area contributed by atoms with Crippen molar-refractivity contribution in [2.24, 2.45) is 4.99 Å². The number of likely N-dealkylation sites (tertiary alicyclic amines) is 1. The van der Waals surface area contributed by atoms with E-state index in [-0.39, 0.29) is 6.10 Å². The average Bonchev–Trinajstić information content (AvgIpc) is 3.24. The maximum Gasteiger partial charge on any atom is 0.216 e. The number of aliphatic imine (C=N–C) groups is 1. The summed E-state index contributed by atoms with van der Waals surface area (Å²) in [5.41, 5.74) is 0. The first-order valence-corrected chi connectivity index (χ1v) is 7.42. The summed E-state index contributed by atoms with van der Waals surface area (Å²) in [6, 6.07) is 3.61. The maximum absolute atomic E-state index is 9.65.